The van der Waals surface area contributed by atoms with Crippen molar-refractivity contribution in [2.45, 2.75) is 20.5 Å². The maximum absolute atomic E-state index is 12.0. The Hall–Kier alpha value is -1.96. The molecule has 5 heteroatoms. The molecule has 0 bridgehead atoms. The van der Waals surface area contributed by atoms with Gasteiger partial charge in [0.1, 0.15) is 5.75 Å². The lowest BCUT2D eigenvalue weighted by Crippen LogP contribution is -2.05. The first kappa shape index (κ1) is 12.1. The molecule has 0 spiro atoms. The monoisotopic (exact) mass is 225 g/mol. The molecule has 0 atom stereocenters. The molecule has 0 aliphatic carbocycles. The molecule has 0 unspecified atom stereocenters. The van der Waals surface area contributed by atoms with Gasteiger partial charge in [-0.2, -0.15) is 14.0 Å². The minimum atomic E-state index is -2.98. The van der Waals surface area contributed by atoms with Gasteiger partial charge < -0.3 is 4.74 Å². The van der Waals surface area contributed by atoms with Crippen LogP contribution in [-0.4, -0.2) is 12.4 Å². The zero-order chi connectivity index (χ0) is 12.3. The van der Waals surface area contributed by atoms with Gasteiger partial charge in [0.15, 0.2) is 5.78 Å². The topological polar surface area (TPSA) is 50.1 Å². The molecule has 1 aromatic rings. The number of rotatable bonds is 3. The standard InChI is InChI=1S/C11H9F2NO2/c1-6-8(5-14)3-9(16-11(12)13)4-10(6)7(2)15/h3-4,11H,1-2H3. The van der Waals surface area contributed by atoms with Gasteiger partial charge in [-0.25, -0.2) is 0 Å². The van der Waals surface area contributed by atoms with Crippen molar-refractivity contribution in [2.24, 2.45) is 0 Å². The molecule has 0 N–H and O–H groups in total. The predicted molar refractivity (Wildman–Crippen MR) is 52.5 cm³/mol. The van der Waals surface area contributed by atoms with Crippen molar-refractivity contribution < 1.29 is 18.3 Å². The number of hydrogen-bond donors (Lipinski definition) is 0. The molecule has 0 heterocycles. The van der Waals surface area contributed by atoms with Crippen LogP contribution in [0, 0.1) is 18.3 Å². The number of Topliss-reactive ketones (excluding diaryl/α,β-unsaturated/α-hetero) is 1. The van der Waals surface area contributed by atoms with Gasteiger partial charge in [-0.3, -0.25) is 4.79 Å². The summed E-state index contributed by atoms with van der Waals surface area (Å²) in [6, 6.07) is 4.23. The minimum Gasteiger partial charge on any atom is -0.435 e. The van der Waals surface area contributed by atoms with E-state index in [0.29, 0.717) is 5.56 Å². The number of ether oxygens (including phenoxy) is 1. The number of carbonyl (C=O) groups excluding carboxylic acids is 1. The predicted octanol–water partition coefficient (Wildman–Crippen LogP) is 2.67. The van der Waals surface area contributed by atoms with E-state index in [4.69, 9.17) is 5.26 Å². The van der Waals surface area contributed by atoms with Gasteiger partial charge in [-0.15, -0.1) is 0 Å². The van der Waals surface area contributed by atoms with E-state index in [1.54, 1.807) is 6.92 Å². The van der Waals surface area contributed by atoms with Gasteiger partial charge in [0.25, 0.3) is 0 Å². The Morgan fingerprint density at radius 3 is 2.56 bits per heavy atom. The number of ketones is 1. The quantitative estimate of drug-likeness (QED) is 0.743. The number of halogens is 2. The van der Waals surface area contributed by atoms with E-state index in [0.717, 1.165) is 0 Å². The number of hydrogen-bond acceptors (Lipinski definition) is 3. The summed E-state index contributed by atoms with van der Waals surface area (Å²) in [5.74, 6) is -0.476. The van der Waals surface area contributed by atoms with Crippen LogP contribution in [0.4, 0.5) is 8.78 Å². The summed E-state index contributed by atoms with van der Waals surface area (Å²) in [5.41, 5.74) is 0.842. The van der Waals surface area contributed by atoms with Crippen molar-refractivity contribution in [3.8, 4) is 11.8 Å². The van der Waals surface area contributed by atoms with Gasteiger partial charge in [-0.1, -0.05) is 0 Å². The van der Waals surface area contributed by atoms with Crippen LogP contribution in [-0.2, 0) is 0 Å². The smallest absolute Gasteiger partial charge is 0.387 e. The fourth-order valence-corrected chi connectivity index (χ4v) is 1.34. The number of carbonyl (C=O) groups is 1. The maximum atomic E-state index is 12.0. The molecular formula is C11H9F2NO2. The molecule has 0 saturated carbocycles. The molecule has 0 aliphatic rings. The van der Waals surface area contributed by atoms with E-state index in [1.165, 1.54) is 19.1 Å². The Labute approximate surface area is 91.3 Å². The van der Waals surface area contributed by atoms with Crippen LogP contribution in [0.1, 0.15) is 28.4 Å². The lowest BCUT2D eigenvalue weighted by atomic mass is 10.00. The number of nitriles is 1. The molecule has 0 saturated heterocycles. The first-order valence-corrected chi connectivity index (χ1v) is 4.46. The van der Waals surface area contributed by atoms with Crippen molar-refractivity contribution in [1.82, 2.24) is 0 Å². The largest absolute Gasteiger partial charge is 0.435 e. The highest BCUT2D eigenvalue weighted by atomic mass is 19.3. The summed E-state index contributed by atoms with van der Waals surface area (Å²) in [4.78, 5) is 11.2. The highest BCUT2D eigenvalue weighted by Crippen LogP contribution is 2.23. The van der Waals surface area contributed by atoms with Gasteiger partial charge in [0.05, 0.1) is 11.6 Å². The fraction of sp³-hybridized carbons (Fsp3) is 0.273. The van der Waals surface area contributed by atoms with E-state index in [1.807, 2.05) is 6.07 Å². The molecule has 0 amide bonds. The van der Waals surface area contributed by atoms with Crippen LogP contribution in [0.2, 0.25) is 0 Å². The second-order valence-corrected chi connectivity index (χ2v) is 3.19. The van der Waals surface area contributed by atoms with E-state index >= 15 is 0 Å². The maximum Gasteiger partial charge on any atom is 0.387 e. The molecule has 16 heavy (non-hydrogen) atoms. The summed E-state index contributed by atoms with van der Waals surface area (Å²) in [6.45, 7) is -0.0917. The van der Waals surface area contributed by atoms with Crippen LogP contribution in [0.25, 0.3) is 0 Å². The van der Waals surface area contributed by atoms with E-state index in [9.17, 15) is 13.6 Å². The Balaban J connectivity index is 3.30. The first-order valence-electron chi connectivity index (χ1n) is 4.46. The fourth-order valence-electron chi connectivity index (χ4n) is 1.34. The molecule has 0 aromatic heterocycles. The Morgan fingerprint density at radius 2 is 2.12 bits per heavy atom. The molecule has 3 nitrogen and oxygen atoms in total. The van der Waals surface area contributed by atoms with Crippen molar-refractivity contribution in [1.29, 1.82) is 5.26 Å². The minimum absolute atomic E-state index is 0.156. The molecule has 0 radical (unpaired) electrons. The Morgan fingerprint density at radius 1 is 1.50 bits per heavy atom. The van der Waals surface area contributed by atoms with Gasteiger partial charge >= 0.3 is 6.61 Å². The lowest BCUT2D eigenvalue weighted by Gasteiger charge is -2.09. The lowest BCUT2D eigenvalue weighted by molar-refractivity contribution is -0.0499. The summed E-state index contributed by atoms with van der Waals surface area (Å²) in [6.07, 6.45) is 0. The number of nitrogens with zero attached hydrogens (tertiary/aromatic N) is 1. The molecule has 84 valence electrons. The summed E-state index contributed by atoms with van der Waals surface area (Å²) < 4.78 is 28.2. The molecule has 1 rings (SSSR count). The van der Waals surface area contributed by atoms with E-state index in [-0.39, 0.29) is 22.7 Å². The zero-order valence-electron chi connectivity index (χ0n) is 8.75. The third-order valence-corrected chi connectivity index (χ3v) is 2.11. The normalized spacial score (nSPS) is 10.0. The first-order chi connectivity index (χ1) is 7.45. The number of benzene rings is 1. The van der Waals surface area contributed by atoms with E-state index in [2.05, 4.69) is 4.74 Å². The molecule has 0 fully saturated rings. The third-order valence-electron chi connectivity index (χ3n) is 2.11. The third kappa shape index (κ3) is 2.54. The summed E-state index contributed by atoms with van der Waals surface area (Å²) >= 11 is 0. The summed E-state index contributed by atoms with van der Waals surface area (Å²) in [7, 11) is 0. The number of alkyl halides is 2. The van der Waals surface area contributed by atoms with Crippen LogP contribution >= 0.6 is 0 Å². The van der Waals surface area contributed by atoms with Crippen LogP contribution in [0.15, 0.2) is 12.1 Å². The average Bonchev–Trinajstić information content (AvgIpc) is 2.19. The van der Waals surface area contributed by atoms with E-state index < -0.39 is 6.61 Å². The van der Waals surface area contributed by atoms with Gasteiger partial charge in [0.2, 0.25) is 0 Å². The van der Waals surface area contributed by atoms with Gasteiger partial charge in [-0.05, 0) is 31.5 Å². The highest BCUT2D eigenvalue weighted by molar-refractivity contribution is 5.96. The summed E-state index contributed by atoms with van der Waals surface area (Å²) in [5, 5.41) is 8.78. The molecule has 1 aromatic carbocycles. The highest BCUT2D eigenvalue weighted by Gasteiger charge is 2.13. The van der Waals surface area contributed by atoms with Crippen molar-refractivity contribution in [2.75, 3.05) is 0 Å². The Bertz CT molecular complexity index is 464. The average molecular weight is 225 g/mol. The Kier molecular flexibility index (Phi) is 3.56. The second-order valence-electron chi connectivity index (χ2n) is 3.19. The molecule has 0 aliphatic heterocycles. The van der Waals surface area contributed by atoms with Crippen molar-refractivity contribution in [3.63, 3.8) is 0 Å². The zero-order valence-corrected chi connectivity index (χ0v) is 8.75. The van der Waals surface area contributed by atoms with Crippen molar-refractivity contribution >= 4 is 5.78 Å². The van der Waals surface area contributed by atoms with Crippen LogP contribution in [0.5, 0.6) is 5.75 Å². The molecular weight excluding hydrogens is 216 g/mol. The van der Waals surface area contributed by atoms with Crippen molar-refractivity contribution in [3.05, 3.63) is 28.8 Å². The van der Waals surface area contributed by atoms with Gasteiger partial charge in [0, 0.05) is 5.56 Å². The second kappa shape index (κ2) is 4.71. The van der Waals surface area contributed by atoms with Crippen LogP contribution in [0.3, 0.4) is 0 Å². The SMILES string of the molecule is CC(=O)c1cc(OC(F)F)cc(C#N)c1C. The van der Waals surface area contributed by atoms with Crippen LogP contribution < -0.4 is 4.74 Å².